The average Bonchev–Trinajstić information content (AvgIpc) is 2.33. The van der Waals surface area contributed by atoms with Gasteiger partial charge in [0.05, 0.1) is 6.20 Å². The summed E-state index contributed by atoms with van der Waals surface area (Å²) >= 11 is 0. The van der Waals surface area contributed by atoms with E-state index >= 15 is 0 Å². The highest BCUT2D eigenvalue weighted by atomic mass is 15.0. The van der Waals surface area contributed by atoms with Gasteiger partial charge in [0.1, 0.15) is 5.82 Å². The van der Waals surface area contributed by atoms with Gasteiger partial charge in [-0.25, -0.2) is 4.98 Å². The molecule has 0 spiro atoms. The first-order valence-corrected chi connectivity index (χ1v) is 5.26. The Morgan fingerprint density at radius 3 is 2.75 bits per heavy atom. The van der Waals surface area contributed by atoms with E-state index in [1.807, 2.05) is 19.2 Å². The number of rotatable bonds is 4. The summed E-state index contributed by atoms with van der Waals surface area (Å²) in [5.41, 5.74) is 2.27. The number of aromatic nitrogens is 3. The zero-order valence-corrected chi connectivity index (χ0v) is 9.22. The van der Waals surface area contributed by atoms with Crippen LogP contribution >= 0.6 is 0 Å². The fourth-order valence-electron chi connectivity index (χ4n) is 1.37. The molecule has 0 saturated carbocycles. The van der Waals surface area contributed by atoms with Gasteiger partial charge in [-0.3, -0.25) is 9.97 Å². The van der Waals surface area contributed by atoms with Gasteiger partial charge in [0.2, 0.25) is 0 Å². The van der Waals surface area contributed by atoms with Crippen LogP contribution in [0.4, 0.5) is 5.82 Å². The van der Waals surface area contributed by atoms with E-state index in [1.54, 1.807) is 18.6 Å². The third-order valence-corrected chi connectivity index (χ3v) is 2.26. The van der Waals surface area contributed by atoms with Crippen LogP contribution in [0.15, 0.2) is 36.9 Å². The Morgan fingerprint density at radius 2 is 2.06 bits per heavy atom. The Labute approximate surface area is 94.8 Å². The van der Waals surface area contributed by atoms with Crippen molar-refractivity contribution in [2.45, 2.75) is 13.3 Å². The third kappa shape index (κ3) is 3.02. The van der Waals surface area contributed by atoms with Crippen molar-refractivity contribution in [3.8, 4) is 0 Å². The summed E-state index contributed by atoms with van der Waals surface area (Å²) in [7, 11) is 0. The summed E-state index contributed by atoms with van der Waals surface area (Å²) in [6.07, 6.45) is 7.90. The van der Waals surface area contributed by atoms with Gasteiger partial charge >= 0.3 is 0 Å². The van der Waals surface area contributed by atoms with Gasteiger partial charge in [-0.05, 0) is 25.0 Å². The molecule has 2 aromatic heterocycles. The molecule has 2 aromatic rings. The molecule has 0 saturated heterocycles. The smallest absolute Gasteiger partial charge is 0.144 e. The largest absolute Gasteiger partial charge is 0.368 e. The maximum atomic E-state index is 4.25. The SMILES string of the molecule is Cc1ccc(CCNc2cnccn2)cn1. The van der Waals surface area contributed by atoms with E-state index in [1.165, 1.54) is 5.56 Å². The van der Waals surface area contributed by atoms with Gasteiger partial charge < -0.3 is 5.32 Å². The second kappa shape index (κ2) is 5.21. The first kappa shape index (κ1) is 10.5. The number of hydrogen-bond acceptors (Lipinski definition) is 4. The molecule has 4 nitrogen and oxygen atoms in total. The van der Waals surface area contributed by atoms with Crippen molar-refractivity contribution in [2.24, 2.45) is 0 Å². The zero-order chi connectivity index (χ0) is 11.2. The molecule has 16 heavy (non-hydrogen) atoms. The molecule has 0 aliphatic heterocycles. The molecular formula is C12H14N4. The molecule has 0 amide bonds. The second-order valence-corrected chi connectivity index (χ2v) is 3.58. The highest BCUT2D eigenvalue weighted by Crippen LogP contribution is 2.02. The molecule has 4 heteroatoms. The Kier molecular flexibility index (Phi) is 3.43. The maximum absolute atomic E-state index is 4.25. The van der Waals surface area contributed by atoms with E-state index in [0.717, 1.165) is 24.5 Å². The first-order valence-electron chi connectivity index (χ1n) is 5.26. The molecule has 0 aliphatic rings. The lowest BCUT2D eigenvalue weighted by Crippen LogP contribution is -2.06. The summed E-state index contributed by atoms with van der Waals surface area (Å²) in [5.74, 6) is 0.808. The molecule has 0 radical (unpaired) electrons. The van der Waals surface area contributed by atoms with E-state index in [4.69, 9.17) is 0 Å². The third-order valence-electron chi connectivity index (χ3n) is 2.26. The van der Waals surface area contributed by atoms with Crippen molar-refractivity contribution in [3.05, 3.63) is 48.2 Å². The molecule has 82 valence electrons. The number of nitrogens with one attached hydrogen (secondary N) is 1. The Bertz CT molecular complexity index is 425. The van der Waals surface area contributed by atoms with Gasteiger partial charge in [-0.15, -0.1) is 0 Å². The molecule has 1 N–H and O–H groups in total. The molecule has 0 bridgehead atoms. The summed E-state index contributed by atoms with van der Waals surface area (Å²) in [6, 6.07) is 4.12. The number of aryl methyl sites for hydroxylation is 1. The lowest BCUT2D eigenvalue weighted by Gasteiger charge is -2.04. The minimum absolute atomic E-state index is 0.808. The molecule has 2 heterocycles. The minimum Gasteiger partial charge on any atom is -0.368 e. The molecule has 2 rings (SSSR count). The Balaban J connectivity index is 1.82. The van der Waals surface area contributed by atoms with Crippen LogP contribution in [0.25, 0.3) is 0 Å². The quantitative estimate of drug-likeness (QED) is 0.843. The van der Waals surface area contributed by atoms with Crippen LogP contribution in [0.1, 0.15) is 11.3 Å². The zero-order valence-electron chi connectivity index (χ0n) is 9.22. The summed E-state index contributed by atoms with van der Waals surface area (Å²) < 4.78 is 0. The normalized spacial score (nSPS) is 10.1. The molecular weight excluding hydrogens is 200 g/mol. The summed E-state index contributed by atoms with van der Waals surface area (Å²) in [5, 5.41) is 3.21. The van der Waals surface area contributed by atoms with Crippen molar-refractivity contribution in [3.63, 3.8) is 0 Å². The van der Waals surface area contributed by atoms with E-state index in [2.05, 4.69) is 26.3 Å². The van der Waals surface area contributed by atoms with Gasteiger partial charge in [-0.1, -0.05) is 6.07 Å². The predicted octanol–water partition coefficient (Wildman–Crippen LogP) is 1.83. The second-order valence-electron chi connectivity index (χ2n) is 3.58. The number of nitrogens with zero attached hydrogens (tertiary/aromatic N) is 3. The Hall–Kier alpha value is -1.97. The lowest BCUT2D eigenvalue weighted by molar-refractivity contribution is 0.982. The van der Waals surface area contributed by atoms with Gasteiger partial charge in [-0.2, -0.15) is 0 Å². The van der Waals surface area contributed by atoms with Gasteiger partial charge in [0.25, 0.3) is 0 Å². The monoisotopic (exact) mass is 214 g/mol. The Morgan fingerprint density at radius 1 is 1.12 bits per heavy atom. The molecule has 0 fully saturated rings. The maximum Gasteiger partial charge on any atom is 0.144 e. The van der Waals surface area contributed by atoms with E-state index in [0.29, 0.717) is 0 Å². The average molecular weight is 214 g/mol. The highest BCUT2D eigenvalue weighted by molar-refractivity contribution is 5.30. The summed E-state index contributed by atoms with van der Waals surface area (Å²) in [6.45, 7) is 2.82. The van der Waals surface area contributed by atoms with Crippen molar-refractivity contribution < 1.29 is 0 Å². The van der Waals surface area contributed by atoms with Crippen LogP contribution in [-0.4, -0.2) is 21.5 Å². The van der Waals surface area contributed by atoms with E-state index in [9.17, 15) is 0 Å². The van der Waals surface area contributed by atoms with Gasteiger partial charge in [0, 0.05) is 30.8 Å². The van der Waals surface area contributed by atoms with Crippen LogP contribution in [-0.2, 0) is 6.42 Å². The summed E-state index contributed by atoms with van der Waals surface area (Å²) in [4.78, 5) is 12.4. The van der Waals surface area contributed by atoms with Crippen molar-refractivity contribution in [1.82, 2.24) is 15.0 Å². The topological polar surface area (TPSA) is 50.7 Å². The molecule has 0 aromatic carbocycles. The number of anilines is 1. The molecule has 0 atom stereocenters. The van der Waals surface area contributed by atoms with Crippen LogP contribution in [0.3, 0.4) is 0 Å². The van der Waals surface area contributed by atoms with Crippen molar-refractivity contribution >= 4 is 5.82 Å². The molecule has 0 aliphatic carbocycles. The van der Waals surface area contributed by atoms with Crippen molar-refractivity contribution in [1.29, 1.82) is 0 Å². The van der Waals surface area contributed by atoms with Crippen LogP contribution in [0.2, 0.25) is 0 Å². The standard InChI is InChI=1S/C12H14N4/c1-10-2-3-11(8-16-10)4-5-14-12-9-13-6-7-15-12/h2-3,6-9H,4-5H2,1H3,(H,14,15). The van der Waals surface area contributed by atoms with Crippen LogP contribution < -0.4 is 5.32 Å². The van der Waals surface area contributed by atoms with Crippen molar-refractivity contribution in [2.75, 3.05) is 11.9 Å². The predicted molar refractivity (Wildman–Crippen MR) is 63.2 cm³/mol. The van der Waals surface area contributed by atoms with Gasteiger partial charge in [0.15, 0.2) is 0 Å². The fourth-order valence-corrected chi connectivity index (χ4v) is 1.37. The minimum atomic E-state index is 0.808. The highest BCUT2D eigenvalue weighted by Gasteiger charge is 1.95. The van der Waals surface area contributed by atoms with Crippen LogP contribution in [0.5, 0.6) is 0 Å². The van der Waals surface area contributed by atoms with E-state index < -0.39 is 0 Å². The van der Waals surface area contributed by atoms with E-state index in [-0.39, 0.29) is 0 Å². The van der Waals surface area contributed by atoms with Crippen LogP contribution in [0, 0.1) is 6.92 Å². The molecule has 0 unspecified atom stereocenters. The fraction of sp³-hybridized carbons (Fsp3) is 0.250. The number of hydrogen-bond donors (Lipinski definition) is 1. The number of pyridine rings is 1. The lowest BCUT2D eigenvalue weighted by atomic mass is 10.2. The first-order chi connectivity index (χ1) is 7.84.